The number of nitrogens with zero attached hydrogens (tertiary/aromatic N) is 2. The minimum atomic E-state index is -0.962. The average Bonchev–Trinajstić information content (AvgIpc) is 3.38. The molecule has 2 aromatic rings. The second-order valence-electron chi connectivity index (χ2n) is 8.78. The molecule has 0 aromatic heterocycles. The summed E-state index contributed by atoms with van der Waals surface area (Å²) in [6.45, 7) is 7.43. The normalized spacial score (nSPS) is 15.4. The van der Waals surface area contributed by atoms with Crippen LogP contribution in [0.5, 0.6) is 0 Å². The lowest BCUT2D eigenvalue weighted by Crippen LogP contribution is -2.55. The topological polar surface area (TPSA) is 90.7 Å². The van der Waals surface area contributed by atoms with Crippen molar-refractivity contribution >= 4 is 29.4 Å². The van der Waals surface area contributed by atoms with Crippen LogP contribution in [0.4, 0.5) is 10.1 Å². The summed E-state index contributed by atoms with van der Waals surface area (Å²) in [5.41, 5.74) is 9.24. The second-order valence-corrected chi connectivity index (χ2v) is 9.70. The smallest absolute Gasteiger partial charge is 0.240 e. The Hall–Kier alpha value is -2.62. The van der Waals surface area contributed by atoms with Gasteiger partial charge in [-0.05, 0) is 86.6 Å². The lowest BCUT2D eigenvalue weighted by molar-refractivity contribution is -0.131. The van der Waals surface area contributed by atoms with Gasteiger partial charge in [-0.1, -0.05) is 24.3 Å². The Labute approximate surface area is 211 Å². The molecule has 0 bridgehead atoms. The van der Waals surface area contributed by atoms with E-state index in [1.165, 1.54) is 62.5 Å². The van der Waals surface area contributed by atoms with Crippen molar-refractivity contribution in [3.8, 4) is 0 Å². The monoisotopic (exact) mass is 501 g/mol. The fourth-order valence-electron chi connectivity index (χ4n) is 4.11. The first-order valence-corrected chi connectivity index (χ1v) is 13.0. The van der Waals surface area contributed by atoms with Gasteiger partial charge in [0.2, 0.25) is 11.8 Å². The number of anilines is 1. The quantitative estimate of drug-likeness (QED) is 0.305. The van der Waals surface area contributed by atoms with Gasteiger partial charge >= 0.3 is 0 Å². The highest BCUT2D eigenvalue weighted by molar-refractivity contribution is 8.01. The molecule has 9 heteroatoms. The molecule has 0 aliphatic carbocycles. The number of hydrogen-bond acceptors (Lipinski definition) is 6. The maximum absolute atomic E-state index is 13.1. The van der Waals surface area contributed by atoms with E-state index < -0.39 is 11.4 Å². The number of likely N-dealkylation sites (tertiary alicyclic amines) is 1. The van der Waals surface area contributed by atoms with Gasteiger partial charge in [0.05, 0.1) is 0 Å². The molecule has 2 amide bonds. The minimum Gasteiger partial charge on any atom is -0.351 e. The maximum Gasteiger partial charge on any atom is 0.240 e. The molecule has 1 unspecified atom stereocenters. The number of nitrogens with two attached hydrogens (primary N) is 1. The van der Waals surface area contributed by atoms with Crippen LogP contribution in [0.25, 0.3) is 0 Å². The third kappa shape index (κ3) is 8.23. The number of amides is 2. The number of halogens is 1. The molecule has 0 saturated carbocycles. The standard InChI is InChI=1S/C26H36FN5O2S/c1-3-32(19(2)33)26(24(28)25(34)29-18-21-6-10-22(27)11-7-21)35-30-23-12-8-20(9-13-23)14-17-31-15-4-5-16-31/h6-13,24,26,30H,3-5,14-18,28H2,1-2H3,(H,29,34)/t24-,26?/m1/s1. The predicted molar refractivity (Wildman–Crippen MR) is 140 cm³/mol. The van der Waals surface area contributed by atoms with Crippen molar-refractivity contribution in [3.63, 3.8) is 0 Å². The summed E-state index contributed by atoms with van der Waals surface area (Å²) in [7, 11) is 0. The highest BCUT2D eigenvalue weighted by Crippen LogP contribution is 2.23. The molecular weight excluding hydrogens is 465 g/mol. The summed E-state index contributed by atoms with van der Waals surface area (Å²) in [6, 6.07) is 13.2. The number of carbonyl (C=O) groups excluding carboxylic acids is 2. The number of hydrogen-bond donors (Lipinski definition) is 3. The van der Waals surface area contributed by atoms with Crippen LogP contribution in [-0.4, -0.2) is 59.2 Å². The molecule has 2 aromatic carbocycles. The van der Waals surface area contributed by atoms with Gasteiger partial charge in [0.15, 0.2) is 0 Å². The molecule has 190 valence electrons. The highest BCUT2D eigenvalue weighted by Gasteiger charge is 2.31. The Balaban J connectivity index is 1.58. The molecule has 1 saturated heterocycles. The number of benzene rings is 2. The third-order valence-electron chi connectivity index (χ3n) is 6.21. The first-order chi connectivity index (χ1) is 16.9. The number of likely N-dealkylation sites (N-methyl/N-ethyl adjacent to an activating group) is 1. The Morgan fingerprint density at radius 1 is 1.09 bits per heavy atom. The van der Waals surface area contributed by atoms with Crippen molar-refractivity contribution in [1.82, 2.24) is 15.1 Å². The second kappa shape index (κ2) is 13.5. The fraction of sp³-hybridized carbons (Fsp3) is 0.462. The molecule has 2 atom stereocenters. The SMILES string of the molecule is CCN(C(C)=O)C(SNc1ccc(CCN2CCCC2)cc1)[C@H](N)C(=O)NCc1ccc(F)cc1. The molecule has 7 nitrogen and oxygen atoms in total. The summed E-state index contributed by atoms with van der Waals surface area (Å²) < 4.78 is 16.4. The molecule has 0 radical (unpaired) electrons. The van der Waals surface area contributed by atoms with Gasteiger partial charge in [0.1, 0.15) is 17.2 Å². The van der Waals surface area contributed by atoms with Crippen molar-refractivity contribution in [2.75, 3.05) is 30.9 Å². The van der Waals surface area contributed by atoms with E-state index in [0.29, 0.717) is 6.54 Å². The molecule has 35 heavy (non-hydrogen) atoms. The summed E-state index contributed by atoms with van der Waals surface area (Å²) in [5, 5.41) is 2.18. The number of carbonyl (C=O) groups is 2. The van der Waals surface area contributed by atoms with E-state index in [0.717, 1.165) is 24.2 Å². The van der Waals surface area contributed by atoms with Gasteiger partial charge in [0.25, 0.3) is 0 Å². The molecule has 1 fully saturated rings. The molecule has 4 N–H and O–H groups in total. The van der Waals surface area contributed by atoms with Crippen molar-refractivity contribution in [2.45, 2.75) is 51.1 Å². The minimum absolute atomic E-state index is 0.161. The lowest BCUT2D eigenvalue weighted by Gasteiger charge is -2.33. The van der Waals surface area contributed by atoms with Crippen LogP contribution in [-0.2, 0) is 22.6 Å². The van der Waals surface area contributed by atoms with Gasteiger partial charge in [-0.25, -0.2) is 4.39 Å². The van der Waals surface area contributed by atoms with Crippen LogP contribution in [0.15, 0.2) is 48.5 Å². The molecule has 0 spiro atoms. The zero-order valence-electron chi connectivity index (χ0n) is 20.5. The van der Waals surface area contributed by atoms with Gasteiger partial charge in [-0.3, -0.25) is 9.59 Å². The van der Waals surface area contributed by atoms with E-state index in [9.17, 15) is 14.0 Å². The first-order valence-electron chi connectivity index (χ1n) is 12.1. The van der Waals surface area contributed by atoms with Gasteiger partial charge in [-0.2, -0.15) is 0 Å². The highest BCUT2D eigenvalue weighted by atomic mass is 32.2. The fourth-order valence-corrected chi connectivity index (χ4v) is 5.20. The summed E-state index contributed by atoms with van der Waals surface area (Å²) >= 11 is 1.25. The molecule has 1 aliphatic heterocycles. The lowest BCUT2D eigenvalue weighted by atomic mass is 10.1. The van der Waals surface area contributed by atoms with Crippen molar-refractivity contribution < 1.29 is 14.0 Å². The largest absolute Gasteiger partial charge is 0.351 e. The van der Waals surface area contributed by atoms with Crippen LogP contribution < -0.4 is 15.8 Å². The Bertz CT molecular complexity index is 951. The maximum atomic E-state index is 13.1. The van der Waals surface area contributed by atoms with Crippen molar-refractivity contribution in [3.05, 3.63) is 65.5 Å². The van der Waals surface area contributed by atoms with Gasteiger partial charge < -0.3 is 25.6 Å². The van der Waals surface area contributed by atoms with Crippen LogP contribution in [0.1, 0.15) is 37.8 Å². The van der Waals surface area contributed by atoms with E-state index in [2.05, 4.69) is 27.1 Å². The Morgan fingerprint density at radius 2 is 1.71 bits per heavy atom. The zero-order chi connectivity index (χ0) is 25.2. The Kier molecular flexibility index (Phi) is 10.4. The predicted octanol–water partition coefficient (Wildman–Crippen LogP) is 3.36. The molecule has 1 aliphatic rings. The third-order valence-corrected chi connectivity index (χ3v) is 7.35. The van der Waals surface area contributed by atoms with Crippen LogP contribution in [0.2, 0.25) is 0 Å². The summed E-state index contributed by atoms with van der Waals surface area (Å²) in [4.78, 5) is 29.1. The average molecular weight is 502 g/mol. The van der Waals surface area contributed by atoms with E-state index >= 15 is 0 Å². The van der Waals surface area contributed by atoms with E-state index in [-0.39, 0.29) is 24.2 Å². The van der Waals surface area contributed by atoms with Gasteiger partial charge in [0, 0.05) is 32.2 Å². The van der Waals surface area contributed by atoms with E-state index in [1.54, 1.807) is 17.0 Å². The number of nitrogens with one attached hydrogen (secondary N) is 2. The molecule has 3 rings (SSSR count). The van der Waals surface area contributed by atoms with E-state index in [4.69, 9.17) is 5.73 Å². The van der Waals surface area contributed by atoms with Crippen LogP contribution in [0.3, 0.4) is 0 Å². The first kappa shape index (κ1) is 27.0. The van der Waals surface area contributed by atoms with Gasteiger partial charge in [-0.15, -0.1) is 0 Å². The Morgan fingerprint density at radius 3 is 2.31 bits per heavy atom. The molecule has 1 heterocycles. The molecular formula is C26H36FN5O2S. The number of rotatable bonds is 12. The van der Waals surface area contributed by atoms with Crippen LogP contribution in [0, 0.1) is 5.82 Å². The van der Waals surface area contributed by atoms with E-state index in [1.807, 2.05) is 19.1 Å². The van der Waals surface area contributed by atoms with Crippen molar-refractivity contribution in [2.24, 2.45) is 5.73 Å². The zero-order valence-corrected chi connectivity index (χ0v) is 21.3. The van der Waals surface area contributed by atoms with Crippen LogP contribution >= 0.6 is 11.9 Å². The van der Waals surface area contributed by atoms with Crippen molar-refractivity contribution in [1.29, 1.82) is 0 Å². The summed E-state index contributed by atoms with van der Waals surface area (Å²) in [5.74, 6) is -0.879. The summed E-state index contributed by atoms with van der Waals surface area (Å²) in [6.07, 6.45) is 3.61.